The quantitative estimate of drug-likeness (QED) is 0.536. The Balaban J connectivity index is 1.67. The van der Waals surface area contributed by atoms with E-state index in [-0.39, 0.29) is 29.0 Å². The molecular weight excluding hydrogens is 380 g/mol. The van der Waals surface area contributed by atoms with E-state index in [4.69, 9.17) is 9.47 Å². The Bertz CT molecular complexity index is 951. The summed E-state index contributed by atoms with van der Waals surface area (Å²) < 4.78 is 12.6. The number of aliphatic hydroxyl groups excluding tert-OH is 1. The normalized spacial score (nSPS) is 51.8. The largest absolute Gasteiger partial charge is 0.466 e. The molecule has 7 aliphatic rings. The number of hydrogen-bond acceptors (Lipinski definition) is 5. The first kappa shape index (κ1) is 19.3. The fraction of sp³-hybridized carbons (Fsp3) is 0.720. The van der Waals surface area contributed by atoms with Gasteiger partial charge in [0, 0.05) is 22.8 Å². The second-order valence-electron chi connectivity index (χ2n) is 11.7. The number of aliphatic hydroxyl groups is 2. The van der Waals surface area contributed by atoms with Gasteiger partial charge in [0.1, 0.15) is 11.5 Å². The number of carbonyl (C=O) groups excluding carboxylic acids is 1. The Kier molecular flexibility index (Phi) is 3.30. The van der Waals surface area contributed by atoms with Crippen molar-refractivity contribution in [3.05, 3.63) is 35.6 Å². The second-order valence-corrected chi connectivity index (χ2v) is 11.7. The van der Waals surface area contributed by atoms with Crippen LogP contribution in [0.2, 0.25) is 0 Å². The average Bonchev–Trinajstić information content (AvgIpc) is 2.81. The molecule has 0 amide bonds. The number of ketones is 1. The first-order valence-electron chi connectivity index (χ1n) is 11.3. The molecule has 8 unspecified atom stereocenters. The summed E-state index contributed by atoms with van der Waals surface area (Å²) in [5, 5.41) is 22.8. The Morgan fingerprint density at radius 3 is 2.67 bits per heavy atom. The maximum absolute atomic E-state index is 13.9. The van der Waals surface area contributed by atoms with E-state index >= 15 is 0 Å². The van der Waals surface area contributed by atoms with Crippen molar-refractivity contribution in [2.45, 2.75) is 71.6 Å². The summed E-state index contributed by atoms with van der Waals surface area (Å²) in [4.78, 5) is 13.9. The van der Waals surface area contributed by atoms with Crippen molar-refractivity contribution in [2.24, 2.45) is 39.9 Å². The van der Waals surface area contributed by atoms with Gasteiger partial charge >= 0.3 is 0 Å². The molecule has 5 nitrogen and oxygen atoms in total. The lowest BCUT2D eigenvalue weighted by molar-refractivity contribution is -0.430. The van der Waals surface area contributed by atoms with Gasteiger partial charge in [0.2, 0.25) is 0 Å². The SMILES string of the molecule is CC1=C2C(=O)C34C2C1CCC3C12C=CCC(C)(C)C1C(O)C4(OC(C)(C)O)OC=C2. The monoisotopic (exact) mass is 412 g/mol. The highest BCUT2D eigenvalue weighted by molar-refractivity contribution is 6.12. The molecule has 7 rings (SSSR count). The zero-order valence-electron chi connectivity index (χ0n) is 18.4. The molecule has 0 aromatic rings. The Morgan fingerprint density at radius 2 is 1.97 bits per heavy atom. The van der Waals surface area contributed by atoms with Gasteiger partial charge in [0.25, 0.3) is 5.79 Å². The molecule has 0 aromatic heterocycles. The first-order chi connectivity index (χ1) is 13.9. The van der Waals surface area contributed by atoms with Gasteiger partial charge in [-0.2, -0.15) is 0 Å². The fourth-order valence-corrected chi connectivity index (χ4v) is 8.75. The third-order valence-corrected chi connectivity index (χ3v) is 9.44. The topological polar surface area (TPSA) is 76.0 Å². The molecule has 2 aliphatic heterocycles. The minimum atomic E-state index is -1.59. The van der Waals surface area contributed by atoms with Crippen LogP contribution < -0.4 is 0 Å². The minimum absolute atomic E-state index is 0.0269. The number of Topliss-reactive ketones (excluding diaryl/α,β-unsaturated/α-hetero) is 1. The van der Waals surface area contributed by atoms with Crippen molar-refractivity contribution in [1.82, 2.24) is 0 Å². The molecule has 30 heavy (non-hydrogen) atoms. The van der Waals surface area contributed by atoms with Crippen LogP contribution in [0.4, 0.5) is 0 Å². The van der Waals surface area contributed by atoms with Crippen LogP contribution in [-0.2, 0) is 14.3 Å². The van der Waals surface area contributed by atoms with Crippen LogP contribution in [-0.4, -0.2) is 33.7 Å². The van der Waals surface area contributed by atoms with Crippen LogP contribution in [0.1, 0.15) is 53.9 Å². The fourth-order valence-electron chi connectivity index (χ4n) is 8.75. The van der Waals surface area contributed by atoms with E-state index in [1.165, 1.54) is 5.57 Å². The molecule has 162 valence electrons. The lowest BCUT2D eigenvalue weighted by Gasteiger charge is -2.76. The van der Waals surface area contributed by atoms with Crippen LogP contribution in [0.3, 0.4) is 0 Å². The van der Waals surface area contributed by atoms with Gasteiger partial charge in [-0.25, -0.2) is 0 Å². The number of allylic oxidation sites excluding steroid dienone is 5. The lowest BCUT2D eigenvalue weighted by Crippen LogP contribution is -2.85. The van der Waals surface area contributed by atoms with Crippen LogP contribution in [0.5, 0.6) is 0 Å². The number of rotatable bonds is 2. The average molecular weight is 413 g/mol. The zero-order chi connectivity index (χ0) is 21.5. The summed E-state index contributed by atoms with van der Waals surface area (Å²) in [6, 6.07) is 0. The van der Waals surface area contributed by atoms with Gasteiger partial charge in [-0.3, -0.25) is 4.79 Å². The van der Waals surface area contributed by atoms with E-state index in [1.54, 1.807) is 20.1 Å². The lowest BCUT2D eigenvalue weighted by atomic mass is 9.27. The highest BCUT2D eigenvalue weighted by atomic mass is 16.8. The molecule has 2 bridgehead atoms. The Hall–Kier alpha value is -1.43. The molecular formula is C25H32O5. The van der Waals surface area contributed by atoms with Crippen molar-refractivity contribution in [2.75, 3.05) is 0 Å². The van der Waals surface area contributed by atoms with Crippen molar-refractivity contribution in [3.8, 4) is 0 Å². The van der Waals surface area contributed by atoms with Crippen LogP contribution in [0.25, 0.3) is 0 Å². The van der Waals surface area contributed by atoms with Gasteiger partial charge < -0.3 is 19.7 Å². The molecule has 2 spiro atoms. The molecule has 5 aliphatic carbocycles. The predicted octanol–water partition coefficient (Wildman–Crippen LogP) is 3.48. The summed E-state index contributed by atoms with van der Waals surface area (Å²) in [6.07, 6.45) is 9.90. The second kappa shape index (κ2) is 5.13. The minimum Gasteiger partial charge on any atom is -0.466 e. The third kappa shape index (κ3) is 1.72. The zero-order valence-corrected chi connectivity index (χ0v) is 18.4. The van der Waals surface area contributed by atoms with Crippen molar-refractivity contribution < 1.29 is 24.5 Å². The maximum atomic E-state index is 13.9. The van der Waals surface area contributed by atoms with Crippen LogP contribution >= 0.6 is 0 Å². The summed E-state index contributed by atoms with van der Waals surface area (Å²) in [5.41, 5.74) is 0.476. The van der Waals surface area contributed by atoms with E-state index in [0.717, 1.165) is 24.8 Å². The van der Waals surface area contributed by atoms with E-state index < -0.39 is 28.5 Å². The van der Waals surface area contributed by atoms with E-state index in [9.17, 15) is 15.0 Å². The first-order valence-corrected chi connectivity index (χ1v) is 11.3. The molecule has 3 fully saturated rings. The molecule has 2 heterocycles. The van der Waals surface area contributed by atoms with Gasteiger partial charge in [0.05, 0.1) is 6.26 Å². The molecule has 2 N–H and O–H groups in total. The number of ether oxygens (including phenoxy) is 2. The third-order valence-electron chi connectivity index (χ3n) is 9.44. The van der Waals surface area contributed by atoms with Crippen molar-refractivity contribution >= 4 is 5.78 Å². The predicted molar refractivity (Wildman–Crippen MR) is 110 cm³/mol. The number of carbonyl (C=O) groups is 1. The highest BCUT2D eigenvalue weighted by Crippen LogP contribution is 2.81. The van der Waals surface area contributed by atoms with Crippen molar-refractivity contribution in [3.63, 3.8) is 0 Å². The summed E-state index contributed by atoms with van der Waals surface area (Å²) in [6.45, 7) is 9.53. The molecule has 0 aromatic carbocycles. The standard InChI is InChI=1S/C25H32O5/c1-13-14-7-8-15-23-10-6-9-21(2,3)18(23)20(27)25(29-12-11-23,30-22(4,5)28)24(15)17(14)16(13)19(24)26/h6,10-12,14-15,17-18,20,27-28H,7-9H2,1-5H3. The Morgan fingerprint density at radius 1 is 1.23 bits per heavy atom. The number of fused-ring (bicyclic) bond motifs is 1. The van der Waals surface area contributed by atoms with Crippen LogP contribution in [0, 0.1) is 39.9 Å². The van der Waals surface area contributed by atoms with Gasteiger partial charge in [-0.05, 0) is 63.4 Å². The van der Waals surface area contributed by atoms with Gasteiger partial charge in [-0.1, -0.05) is 31.6 Å². The van der Waals surface area contributed by atoms with Crippen molar-refractivity contribution in [1.29, 1.82) is 0 Å². The highest BCUT2D eigenvalue weighted by Gasteiger charge is 2.88. The van der Waals surface area contributed by atoms with Crippen LogP contribution in [0.15, 0.2) is 35.6 Å². The van der Waals surface area contributed by atoms with E-state index in [2.05, 4.69) is 39.0 Å². The summed E-state index contributed by atoms with van der Waals surface area (Å²) in [5.74, 6) is -2.92. The van der Waals surface area contributed by atoms with E-state index in [0.29, 0.717) is 5.92 Å². The van der Waals surface area contributed by atoms with E-state index in [1.807, 2.05) is 0 Å². The molecule has 8 atom stereocenters. The molecule has 5 heteroatoms. The molecule has 3 saturated carbocycles. The Labute approximate surface area is 177 Å². The molecule has 0 saturated heterocycles. The van der Waals surface area contributed by atoms with Gasteiger partial charge in [0.15, 0.2) is 11.6 Å². The molecule has 0 radical (unpaired) electrons. The maximum Gasteiger partial charge on any atom is 0.252 e. The summed E-state index contributed by atoms with van der Waals surface area (Å²) >= 11 is 0. The summed E-state index contributed by atoms with van der Waals surface area (Å²) in [7, 11) is 0. The smallest absolute Gasteiger partial charge is 0.252 e. The number of hydrogen-bond donors (Lipinski definition) is 2. The van der Waals surface area contributed by atoms with Gasteiger partial charge in [-0.15, -0.1) is 0 Å².